The molecule has 0 aliphatic rings. The summed E-state index contributed by atoms with van der Waals surface area (Å²) >= 11 is 0. The summed E-state index contributed by atoms with van der Waals surface area (Å²) in [5, 5.41) is 12.7. The number of hydrogen-bond donors (Lipinski definition) is 2. The van der Waals surface area contributed by atoms with Crippen LogP contribution in [0.3, 0.4) is 0 Å². The summed E-state index contributed by atoms with van der Waals surface area (Å²) < 4.78 is 38.8. The van der Waals surface area contributed by atoms with Crippen LogP contribution in [0.4, 0.5) is 0 Å². The number of nitrogens with one attached hydrogen (secondary N) is 1. The van der Waals surface area contributed by atoms with Crippen LogP contribution in [0, 0.1) is 11.3 Å². The molecule has 0 fully saturated rings. The van der Waals surface area contributed by atoms with Crippen molar-refractivity contribution >= 4 is 28.0 Å². The van der Waals surface area contributed by atoms with Crippen LogP contribution >= 0.6 is 0 Å². The average Bonchev–Trinajstić information content (AvgIpc) is 2.60. The van der Waals surface area contributed by atoms with Gasteiger partial charge in [-0.3, -0.25) is 13.8 Å². The van der Waals surface area contributed by atoms with E-state index in [0.29, 0.717) is 0 Å². The Labute approximate surface area is 178 Å². The lowest BCUT2D eigenvalue weighted by molar-refractivity contribution is -0.169. The number of carbonyl (C=O) groups excluding carboxylic acids is 3. The number of esters is 2. The van der Waals surface area contributed by atoms with Crippen LogP contribution in [0.1, 0.15) is 54.4 Å². The zero-order valence-corrected chi connectivity index (χ0v) is 19.4. The van der Waals surface area contributed by atoms with Crippen molar-refractivity contribution in [2.24, 2.45) is 11.3 Å². The second-order valence-electron chi connectivity index (χ2n) is 8.28. The Morgan fingerprint density at radius 1 is 1.13 bits per heavy atom. The molecule has 0 heterocycles. The number of rotatable bonds is 14. The molecule has 0 aliphatic heterocycles. The average molecular weight is 454 g/mol. The lowest BCUT2D eigenvalue weighted by atomic mass is 9.88. The summed E-state index contributed by atoms with van der Waals surface area (Å²) in [5.74, 6) is -1.83. The topological polar surface area (TPSA) is 145 Å². The highest BCUT2D eigenvalue weighted by Crippen LogP contribution is 2.23. The van der Waals surface area contributed by atoms with Crippen LogP contribution in [0.25, 0.3) is 0 Å². The van der Waals surface area contributed by atoms with Gasteiger partial charge in [0.2, 0.25) is 5.91 Å². The van der Waals surface area contributed by atoms with Gasteiger partial charge in [-0.25, -0.2) is 4.79 Å². The van der Waals surface area contributed by atoms with Crippen molar-refractivity contribution in [3.8, 4) is 0 Å². The number of amides is 1. The van der Waals surface area contributed by atoms with Crippen LogP contribution in [0.5, 0.6) is 0 Å². The predicted octanol–water partition coefficient (Wildman–Crippen LogP) is 0.767. The summed E-state index contributed by atoms with van der Waals surface area (Å²) in [7, 11) is -3.89. The zero-order valence-electron chi connectivity index (χ0n) is 18.6. The largest absolute Gasteiger partial charge is 0.460 e. The number of aliphatic hydroxyl groups is 1. The molecule has 0 aromatic rings. The first-order valence-electron chi connectivity index (χ1n) is 9.82. The lowest BCUT2D eigenvalue weighted by Crippen LogP contribution is -2.42. The highest BCUT2D eigenvalue weighted by Gasteiger charge is 2.37. The maximum atomic E-state index is 12.1. The molecule has 0 saturated carbocycles. The maximum absolute atomic E-state index is 12.1. The minimum absolute atomic E-state index is 0.136. The molecule has 0 bridgehead atoms. The van der Waals surface area contributed by atoms with Gasteiger partial charge in [0.05, 0.1) is 12.4 Å². The third-order valence-electron chi connectivity index (χ3n) is 3.89. The minimum Gasteiger partial charge on any atom is -0.460 e. The fourth-order valence-corrected chi connectivity index (χ4v) is 3.23. The Bertz CT molecular complexity index is 673. The number of ether oxygens (including phenoxy) is 2. The van der Waals surface area contributed by atoms with Gasteiger partial charge in [-0.15, -0.1) is 0 Å². The molecule has 0 spiro atoms. The van der Waals surface area contributed by atoms with Crippen molar-refractivity contribution < 1.29 is 41.6 Å². The summed E-state index contributed by atoms with van der Waals surface area (Å²) in [6.45, 7) is 9.05. The molecule has 1 unspecified atom stereocenters. The summed E-state index contributed by atoms with van der Waals surface area (Å²) in [6, 6.07) is 0. The lowest BCUT2D eigenvalue weighted by Gasteiger charge is -2.28. The number of aliphatic hydroxyl groups excluding tert-OH is 1. The van der Waals surface area contributed by atoms with Gasteiger partial charge in [-0.1, -0.05) is 27.7 Å². The third kappa shape index (κ3) is 12.8. The van der Waals surface area contributed by atoms with E-state index in [1.807, 2.05) is 13.8 Å². The molecule has 2 atom stereocenters. The summed E-state index contributed by atoms with van der Waals surface area (Å²) in [5.41, 5.74) is -1.25. The van der Waals surface area contributed by atoms with E-state index in [4.69, 9.17) is 13.7 Å². The monoisotopic (exact) mass is 453 g/mol. The first-order chi connectivity index (χ1) is 13.7. The molecule has 1 amide bonds. The minimum atomic E-state index is -3.89. The van der Waals surface area contributed by atoms with Gasteiger partial charge in [0.25, 0.3) is 10.1 Å². The highest BCUT2D eigenvalue weighted by atomic mass is 32.2. The Kier molecular flexibility index (Phi) is 12.1. The van der Waals surface area contributed by atoms with Crippen LogP contribution < -0.4 is 5.32 Å². The smallest absolute Gasteiger partial charge is 0.335 e. The van der Waals surface area contributed by atoms with Crippen molar-refractivity contribution in [1.29, 1.82) is 0 Å². The predicted molar refractivity (Wildman–Crippen MR) is 109 cm³/mol. The van der Waals surface area contributed by atoms with E-state index < -0.39 is 46.3 Å². The second-order valence-corrected chi connectivity index (χ2v) is 10.0. The Morgan fingerprint density at radius 3 is 2.27 bits per heavy atom. The number of carbonyl (C=O) groups is 3. The molecule has 0 aromatic carbocycles. The van der Waals surface area contributed by atoms with Gasteiger partial charge in [-0.2, -0.15) is 8.42 Å². The van der Waals surface area contributed by atoms with Crippen molar-refractivity contribution in [2.75, 3.05) is 25.5 Å². The van der Waals surface area contributed by atoms with Gasteiger partial charge in [0.15, 0.2) is 6.10 Å². The fraction of sp³-hybridized carbons (Fsp3) is 0.842. The van der Waals surface area contributed by atoms with Crippen LogP contribution in [-0.2, 0) is 38.2 Å². The van der Waals surface area contributed by atoms with Crippen molar-refractivity contribution in [3.63, 3.8) is 0 Å². The zero-order chi connectivity index (χ0) is 23.5. The van der Waals surface area contributed by atoms with E-state index in [0.717, 1.165) is 0 Å². The molecule has 30 heavy (non-hydrogen) atoms. The summed E-state index contributed by atoms with van der Waals surface area (Å²) in [6.07, 6.45) is -1.92. The fourth-order valence-electron chi connectivity index (χ4n) is 2.13. The Hall–Kier alpha value is -1.72. The SMILES string of the molecule is CC(=O)NCCCS(=O)(=O)OCC(C)(C)C(O)C(=O)OC[C@@H](C)OC(=O)CC(C)C. The molecule has 0 saturated heterocycles. The highest BCUT2D eigenvalue weighted by molar-refractivity contribution is 7.86. The van der Waals surface area contributed by atoms with Crippen LogP contribution in [0.15, 0.2) is 0 Å². The van der Waals surface area contributed by atoms with Crippen molar-refractivity contribution in [3.05, 3.63) is 0 Å². The van der Waals surface area contributed by atoms with Crippen LogP contribution in [-0.4, -0.2) is 69.1 Å². The first kappa shape index (κ1) is 28.3. The molecular weight excluding hydrogens is 418 g/mol. The Morgan fingerprint density at radius 2 is 1.73 bits per heavy atom. The van der Waals surface area contributed by atoms with E-state index in [2.05, 4.69) is 5.32 Å². The van der Waals surface area contributed by atoms with E-state index in [-0.39, 0.29) is 43.6 Å². The molecular formula is C19H35NO9S. The van der Waals surface area contributed by atoms with Crippen LogP contribution in [0.2, 0.25) is 0 Å². The molecule has 11 heteroatoms. The van der Waals surface area contributed by atoms with E-state index >= 15 is 0 Å². The normalized spacial score (nSPS) is 14.1. The molecule has 0 rings (SSSR count). The van der Waals surface area contributed by atoms with Gasteiger partial charge < -0.3 is 19.9 Å². The molecule has 2 N–H and O–H groups in total. The van der Waals surface area contributed by atoms with E-state index in [1.165, 1.54) is 20.8 Å². The van der Waals surface area contributed by atoms with Gasteiger partial charge in [-0.05, 0) is 19.3 Å². The third-order valence-corrected chi connectivity index (χ3v) is 5.15. The maximum Gasteiger partial charge on any atom is 0.335 e. The van der Waals surface area contributed by atoms with Crippen molar-refractivity contribution in [1.82, 2.24) is 5.32 Å². The Balaban J connectivity index is 4.48. The molecule has 0 radical (unpaired) electrons. The van der Waals surface area contributed by atoms with Gasteiger partial charge in [0, 0.05) is 25.3 Å². The number of hydrogen-bond acceptors (Lipinski definition) is 9. The first-order valence-corrected chi connectivity index (χ1v) is 11.4. The molecule has 0 aliphatic carbocycles. The second kappa shape index (κ2) is 12.9. The standard InChI is InChI=1S/C19H35NO9S/c1-13(2)10-16(22)29-14(3)11-27-18(24)17(23)19(5,6)12-28-30(25,26)9-7-8-20-15(4)21/h13-14,17,23H,7-12H2,1-6H3,(H,20,21)/t14-,17?/m1/s1. The summed E-state index contributed by atoms with van der Waals surface area (Å²) in [4.78, 5) is 34.5. The molecule has 0 aromatic heterocycles. The van der Waals surface area contributed by atoms with Crippen molar-refractivity contribution in [2.45, 2.75) is 66.6 Å². The molecule has 176 valence electrons. The quantitative estimate of drug-likeness (QED) is 0.221. The van der Waals surface area contributed by atoms with Gasteiger partial charge in [0.1, 0.15) is 12.7 Å². The van der Waals surface area contributed by atoms with E-state index in [1.54, 1.807) is 6.92 Å². The molecule has 10 nitrogen and oxygen atoms in total. The van der Waals surface area contributed by atoms with Gasteiger partial charge >= 0.3 is 11.9 Å². The van der Waals surface area contributed by atoms with E-state index in [9.17, 15) is 27.9 Å².